The Morgan fingerprint density at radius 2 is 2.43 bits per heavy atom. The summed E-state index contributed by atoms with van der Waals surface area (Å²) in [6, 6.07) is -0.0452. The van der Waals surface area contributed by atoms with Gasteiger partial charge in [0.25, 0.3) is 0 Å². The number of aliphatic hydroxyl groups is 1. The molecule has 14 heavy (non-hydrogen) atoms. The lowest BCUT2D eigenvalue weighted by atomic mass is 10.2. The highest BCUT2D eigenvalue weighted by Crippen LogP contribution is 2.30. The molecule has 0 aliphatic heterocycles. The van der Waals surface area contributed by atoms with Gasteiger partial charge in [-0.2, -0.15) is 0 Å². The van der Waals surface area contributed by atoms with Crippen LogP contribution >= 0.6 is 0 Å². The standard InChI is InChI=1S/C8H11N3O3/c12-7-3-1-2-6(7)10-4-8(9-5-10)11(13)14/h4-7,12H,1-3H2. The first kappa shape index (κ1) is 9.14. The van der Waals surface area contributed by atoms with Crippen LogP contribution in [0.1, 0.15) is 25.3 Å². The lowest BCUT2D eigenvalue weighted by Crippen LogP contribution is -2.16. The molecule has 2 unspecified atom stereocenters. The molecular weight excluding hydrogens is 186 g/mol. The molecule has 1 N–H and O–H groups in total. The molecule has 1 aliphatic rings. The summed E-state index contributed by atoms with van der Waals surface area (Å²) < 4.78 is 1.63. The summed E-state index contributed by atoms with van der Waals surface area (Å²) in [7, 11) is 0. The number of hydrogen-bond acceptors (Lipinski definition) is 4. The second-order valence-electron chi connectivity index (χ2n) is 3.50. The van der Waals surface area contributed by atoms with Crippen molar-refractivity contribution in [2.24, 2.45) is 0 Å². The predicted molar refractivity (Wildman–Crippen MR) is 47.8 cm³/mol. The van der Waals surface area contributed by atoms with E-state index in [-0.39, 0.29) is 11.9 Å². The number of imidazole rings is 1. The summed E-state index contributed by atoms with van der Waals surface area (Å²) >= 11 is 0. The second-order valence-corrected chi connectivity index (χ2v) is 3.50. The summed E-state index contributed by atoms with van der Waals surface area (Å²) in [5, 5.41) is 19.9. The SMILES string of the molecule is O=[N+]([O-])c1cn(C2CCCC2O)cn1. The Balaban J connectivity index is 2.20. The third-order valence-electron chi connectivity index (χ3n) is 2.60. The van der Waals surface area contributed by atoms with Crippen LogP contribution < -0.4 is 0 Å². The molecule has 1 fully saturated rings. The van der Waals surface area contributed by atoms with Crippen LogP contribution in [0.3, 0.4) is 0 Å². The average molecular weight is 197 g/mol. The summed E-state index contributed by atoms with van der Waals surface area (Å²) in [5.74, 6) is -0.163. The van der Waals surface area contributed by atoms with Crippen molar-refractivity contribution in [3.05, 3.63) is 22.6 Å². The van der Waals surface area contributed by atoms with Crippen LogP contribution in [0.15, 0.2) is 12.5 Å². The Bertz CT molecular complexity index is 349. The van der Waals surface area contributed by atoms with Crippen molar-refractivity contribution in [1.29, 1.82) is 0 Å². The summed E-state index contributed by atoms with van der Waals surface area (Å²) in [4.78, 5) is 13.5. The Labute approximate surface area is 80.3 Å². The number of aromatic nitrogens is 2. The molecule has 1 saturated carbocycles. The van der Waals surface area contributed by atoms with E-state index in [0.717, 1.165) is 19.3 Å². The van der Waals surface area contributed by atoms with Crippen LogP contribution in [0.25, 0.3) is 0 Å². The summed E-state index contributed by atoms with van der Waals surface area (Å²) in [6.07, 6.45) is 4.96. The fraction of sp³-hybridized carbons (Fsp3) is 0.625. The van der Waals surface area contributed by atoms with Crippen molar-refractivity contribution >= 4 is 5.82 Å². The van der Waals surface area contributed by atoms with E-state index in [1.807, 2.05) is 0 Å². The van der Waals surface area contributed by atoms with Gasteiger partial charge in [-0.05, 0) is 29.2 Å². The van der Waals surface area contributed by atoms with E-state index in [9.17, 15) is 15.2 Å². The summed E-state index contributed by atoms with van der Waals surface area (Å²) in [5.41, 5.74) is 0. The van der Waals surface area contributed by atoms with Crippen LogP contribution in [-0.2, 0) is 0 Å². The second kappa shape index (κ2) is 3.38. The molecule has 1 aromatic heterocycles. The molecule has 0 spiro atoms. The van der Waals surface area contributed by atoms with Gasteiger partial charge in [0.15, 0.2) is 0 Å². The molecule has 6 nitrogen and oxygen atoms in total. The molecule has 1 aromatic rings. The van der Waals surface area contributed by atoms with Crippen molar-refractivity contribution in [2.45, 2.75) is 31.4 Å². The molecule has 76 valence electrons. The highest BCUT2D eigenvalue weighted by molar-refractivity contribution is 5.13. The van der Waals surface area contributed by atoms with Gasteiger partial charge >= 0.3 is 5.82 Å². The monoisotopic (exact) mass is 197 g/mol. The predicted octanol–water partition coefficient (Wildman–Crippen LogP) is 0.877. The van der Waals surface area contributed by atoms with E-state index in [1.54, 1.807) is 4.57 Å². The fourth-order valence-electron chi connectivity index (χ4n) is 1.87. The zero-order valence-corrected chi connectivity index (χ0v) is 7.54. The van der Waals surface area contributed by atoms with E-state index in [4.69, 9.17) is 0 Å². The molecule has 0 bridgehead atoms. The maximum atomic E-state index is 10.4. The van der Waals surface area contributed by atoms with E-state index < -0.39 is 11.0 Å². The minimum atomic E-state index is -0.530. The van der Waals surface area contributed by atoms with Gasteiger partial charge in [0, 0.05) is 0 Å². The molecular formula is C8H11N3O3. The number of nitrogens with zero attached hydrogens (tertiary/aromatic N) is 3. The van der Waals surface area contributed by atoms with Gasteiger partial charge in [-0.25, -0.2) is 0 Å². The van der Waals surface area contributed by atoms with Crippen LogP contribution in [0.2, 0.25) is 0 Å². The van der Waals surface area contributed by atoms with E-state index >= 15 is 0 Å². The van der Waals surface area contributed by atoms with Crippen molar-refractivity contribution in [2.75, 3.05) is 0 Å². The van der Waals surface area contributed by atoms with Crippen LogP contribution in [0.5, 0.6) is 0 Å². The molecule has 0 radical (unpaired) electrons. The van der Waals surface area contributed by atoms with Gasteiger partial charge in [0.1, 0.15) is 6.20 Å². The minimum absolute atomic E-state index is 0.0452. The Morgan fingerprint density at radius 3 is 2.93 bits per heavy atom. The van der Waals surface area contributed by atoms with Gasteiger partial charge < -0.3 is 19.8 Å². The number of rotatable bonds is 2. The van der Waals surface area contributed by atoms with Crippen molar-refractivity contribution < 1.29 is 10.0 Å². The normalized spacial score (nSPS) is 26.6. The van der Waals surface area contributed by atoms with Gasteiger partial charge in [-0.3, -0.25) is 0 Å². The van der Waals surface area contributed by atoms with Gasteiger partial charge in [0.2, 0.25) is 6.33 Å². The highest BCUT2D eigenvalue weighted by Gasteiger charge is 2.28. The first-order valence-electron chi connectivity index (χ1n) is 4.54. The van der Waals surface area contributed by atoms with E-state index in [0.29, 0.717) is 0 Å². The maximum Gasteiger partial charge on any atom is 0.381 e. The Morgan fingerprint density at radius 1 is 1.64 bits per heavy atom. The first-order valence-corrected chi connectivity index (χ1v) is 4.54. The third kappa shape index (κ3) is 1.48. The Hall–Kier alpha value is -1.43. The van der Waals surface area contributed by atoms with Crippen LogP contribution in [0, 0.1) is 10.1 Å². The van der Waals surface area contributed by atoms with Crippen molar-refractivity contribution in [3.8, 4) is 0 Å². The molecule has 0 aromatic carbocycles. The molecule has 2 atom stereocenters. The molecule has 0 saturated heterocycles. The number of nitro groups is 1. The van der Waals surface area contributed by atoms with Crippen molar-refractivity contribution in [3.63, 3.8) is 0 Å². The van der Waals surface area contributed by atoms with E-state index in [1.165, 1.54) is 12.5 Å². The first-order chi connectivity index (χ1) is 6.68. The van der Waals surface area contributed by atoms with Gasteiger partial charge in [-0.15, -0.1) is 0 Å². The van der Waals surface area contributed by atoms with Crippen molar-refractivity contribution in [1.82, 2.24) is 9.55 Å². The zero-order chi connectivity index (χ0) is 10.1. The van der Waals surface area contributed by atoms with Crippen LogP contribution in [-0.4, -0.2) is 25.7 Å². The van der Waals surface area contributed by atoms with Gasteiger partial charge in [-0.1, -0.05) is 0 Å². The largest absolute Gasteiger partial charge is 0.391 e. The molecule has 1 heterocycles. The number of aliphatic hydroxyl groups excluding tert-OH is 1. The lowest BCUT2D eigenvalue weighted by molar-refractivity contribution is -0.389. The number of hydrogen-bond donors (Lipinski definition) is 1. The van der Waals surface area contributed by atoms with E-state index in [2.05, 4.69) is 4.98 Å². The molecule has 1 aliphatic carbocycles. The molecule has 0 amide bonds. The van der Waals surface area contributed by atoms with Crippen LogP contribution in [0.4, 0.5) is 5.82 Å². The minimum Gasteiger partial charge on any atom is -0.391 e. The third-order valence-corrected chi connectivity index (χ3v) is 2.60. The van der Waals surface area contributed by atoms with Gasteiger partial charge in [0.05, 0.1) is 12.1 Å². The maximum absolute atomic E-state index is 10.4. The smallest absolute Gasteiger partial charge is 0.381 e. The Kier molecular flexibility index (Phi) is 2.20. The summed E-state index contributed by atoms with van der Waals surface area (Å²) in [6.45, 7) is 0. The topological polar surface area (TPSA) is 81.2 Å². The fourth-order valence-corrected chi connectivity index (χ4v) is 1.87. The lowest BCUT2D eigenvalue weighted by Gasteiger charge is -2.13. The molecule has 2 rings (SSSR count). The highest BCUT2D eigenvalue weighted by atomic mass is 16.6. The average Bonchev–Trinajstić information content (AvgIpc) is 2.71. The zero-order valence-electron chi connectivity index (χ0n) is 7.54. The quantitative estimate of drug-likeness (QED) is 0.563. The molecule has 6 heteroatoms.